The number of Topliss-reactive ketones (excluding diaryl/α,β-unsaturated/α-hetero) is 1. The van der Waals surface area contributed by atoms with Crippen molar-refractivity contribution in [2.24, 2.45) is 0 Å². The summed E-state index contributed by atoms with van der Waals surface area (Å²) in [5, 5.41) is 11.7. The van der Waals surface area contributed by atoms with Crippen molar-refractivity contribution in [2.45, 2.75) is 83.7 Å². The molecule has 1 aromatic heterocycles. The highest BCUT2D eigenvalue weighted by Gasteiger charge is 2.34. The fourth-order valence-corrected chi connectivity index (χ4v) is 9.25. The lowest BCUT2D eigenvalue weighted by molar-refractivity contribution is -0.137. The predicted molar refractivity (Wildman–Crippen MR) is 213 cm³/mol. The van der Waals surface area contributed by atoms with Gasteiger partial charge in [0.15, 0.2) is 5.78 Å². The van der Waals surface area contributed by atoms with Crippen LogP contribution in [0.1, 0.15) is 103 Å². The van der Waals surface area contributed by atoms with E-state index in [9.17, 15) is 19.2 Å². The molecule has 296 valence electrons. The topological polar surface area (TPSA) is 116 Å². The number of aliphatic carboxylic acids is 1. The van der Waals surface area contributed by atoms with Gasteiger partial charge in [0.1, 0.15) is 11.6 Å². The number of piperazine rings is 1. The van der Waals surface area contributed by atoms with Gasteiger partial charge in [0.05, 0.1) is 18.2 Å². The van der Waals surface area contributed by atoms with E-state index in [0.717, 1.165) is 79.1 Å². The number of halogens is 2. The van der Waals surface area contributed by atoms with Crippen LogP contribution in [-0.2, 0) is 48.2 Å². The van der Waals surface area contributed by atoms with Crippen LogP contribution >= 0.6 is 11.3 Å². The number of carbonyl (C=O) groups excluding carboxylic acids is 3. The second-order valence-corrected chi connectivity index (χ2v) is 16.6. The van der Waals surface area contributed by atoms with Crippen LogP contribution in [0.3, 0.4) is 0 Å². The number of rotatable bonds is 15. The third kappa shape index (κ3) is 9.96. The van der Waals surface area contributed by atoms with E-state index in [1.54, 1.807) is 30.3 Å². The number of anilines is 1. The number of aryl methyl sites for hydroxylation is 2. The molecule has 0 saturated carbocycles. The number of ether oxygens (including phenoxy) is 1. The van der Waals surface area contributed by atoms with E-state index < -0.39 is 29.5 Å². The first-order valence-corrected chi connectivity index (χ1v) is 20.0. The van der Waals surface area contributed by atoms with Crippen molar-refractivity contribution < 1.29 is 37.8 Å². The Morgan fingerprint density at radius 1 is 0.911 bits per heavy atom. The van der Waals surface area contributed by atoms with Crippen LogP contribution in [-0.4, -0.2) is 77.4 Å². The van der Waals surface area contributed by atoms with E-state index >= 15 is 8.78 Å². The molecular weight excluding hydrogens is 737 g/mol. The predicted octanol–water partition coefficient (Wildman–Crippen LogP) is 7.92. The van der Waals surface area contributed by atoms with E-state index in [1.165, 1.54) is 18.4 Å². The van der Waals surface area contributed by atoms with Crippen molar-refractivity contribution in [1.29, 1.82) is 0 Å². The van der Waals surface area contributed by atoms with Crippen LogP contribution < -0.4 is 5.32 Å². The van der Waals surface area contributed by atoms with Crippen LogP contribution in [0.4, 0.5) is 14.5 Å². The normalized spacial score (nSPS) is 15.6. The third-order valence-electron chi connectivity index (χ3n) is 10.9. The number of hydrogen-bond donors (Lipinski definition) is 2. The van der Waals surface area contributed by atoms with E-state index in [2.05, 4.69) is 29.0 Å². The van der Waals surface area contributed by atoms with Gasteiger partial charge in [-0.1, -0.05) is 30.3 Å². The monoisotopic (exact) mass is 785 g/mol. The summed E-state index contributed by atoms with van der Waals surface area (Å²) in [5.41, 5.74) is 3.86. The second-order valence-electron chi connectivity index (χ2n) is 15.4. The van der Waals surface area contributed by atoms with Crippen LogP contribution in [0.5, 0.6) is 0 Å². The van der Waals surface area contributed by atoms with Crippen molar-refractivity contribution in [3.63, 3.8) is 0 Å². The zero-order valence-corrected chi connectivity index (χ0v) is 33.0. The van der Waals surface area contributed by atoms with Gasteiger partial charge in [-0.3, -0.25) is 19.3 Å². The molecule has 4 aromatic rings. The van der Waals surface area contributed by atoms with Gasteiger partial charge in [-0.15, -0.1) is 11.3 Å². The van der Waals surface area contributed by atoms with Gasteiger partial charge in [-0.2, -0.15) is 0 Å². The number of nitrogens with zero attached hydrogens (tertiary/aromatic N) is 2. The standard InChI is InChI=1S/C44H49F2N3O6S/c1-44(2)27-48(19-7-12-40(51)52)20-21-49(44)26-29-8-6-9-31(22-29)37(50)25-39-41(34-10-4-5-11-38(34)56-39)42(53)47-32-23-35(45)33(36(46)24-32)18-15-28-13-16-30(17-14-28)43(54)55-3/h6,8-9,13-14,16-17,22-24H,4-5,7,10-12,15,18-21,25-27H2,1-3H3,(H,47,53)(H,51,52). The molecule has 1 aliphatic heterocycles. The van der Waals surface area contributed by atoms with Gasteiger partial charge in [-0.05, 0) is 112 Å². The van der Waals surface area contributed by atoms with Gasteiger partial charge < -0.3 is 20.1 Å². The fraction of sp³-hybridized carbons (Fsp3) is 0.409. The van der Waals surface area contributed by atoms with Gasteiger partial charge in [-0.25, -0.2) is 13.6 Å². The molecule has 1 amide bonds. The Kier molecular flexibility index (Phi) is 13.1. The molecule has 0 atom stereocenters. The summed E-state index contributed by atoms with van der Waals surface area (Å²) >= 11 is 1.48. The molecule has 0 bridgehead atoms. The molecule has 1 fully saturated rings. The summed E-state index contributed by atoms with van der Waals surface area (Å²) in [6.07, 6.45) is 4.66. The lowest BCUT2D eigenvalue weighted by Gasteiger charge is -2.47. The number of thiophene rings is 1. The molecule has 6 rings (SSSR count). The van der Waals surface area contributed by atoms with Crippen LogP contribution in [0.25, 0.3) is 0 Å². The molecule has 56 heavy (non-hydrogen) atoms. The first-order chi connectivity index (χ1) is 26.8. The molecule has 1 aliphatic carbocycles. The number of amides is 1. The highest BCUT2D eigenvalue weighted by atomic mass is 32.1. The van der Waals surface area contributed by atoms with Gasteiger partial charge in [0, 0.05) is 71.1 Å². The smallest absolute Gasteiger partial charge is 0.337 e. The van der Waals surface area contributed by atoms with Crippen molar-refractivity contribution in [3.05, 3.63) is 121 Å². The second kappa shape index (κ2) is 18.0. The largest absolute Gasteiger partial charge is 0.481 e. The van der Waals surface area contributed by atoms with Gasteiger partial charge >= 0.3 is 11.9 Å². The minimum atomic E-state index is -0.776. The number of carbonyl (C=O) groups is 4. The SMILES string of the molecule is COC(=O)c1ccc(CCc2c(F)cc(NC(=O)c3c(CC(=O)c4cccc(CN5CCN(CCCC(=O)O)CC5(C)C)c4)sc4c3CCCC4)cc2F)cc1. The quantitative estimate of drug-likeness (QED) is 0.0924. The van der Waals surface area contributed by atoms with Crippen molar-refractivity contribution in [3.8, 4) is 0 Å². The van der Waals surface area contributed by atoms with Crippen molar-refractivity contribution in [2.75, 3.05) is 38.6 Å². The number of carboxylic acids is 1. The van der Waals surface area contributed by atoms with E-state index in [4.69, 9.17) is 9.84 Å². The lowest BCUT2D eigenvalue weighted by Crippen LogP contribution is -2.58. The fourth-order valence-electron chi connectivity index (χ4n) is 7.85. The first kappa shape index (κ1) is 40.9. The Hall–Kier alpha value is -4.78. The summed E-state index contributed by atoms with van der Waals surface area (Å²) in [6, 6.07) is 16.5. The number of esters is 1. The summed E-state index contributed by atoms with van der Waals surface area (Å²) in [7, 11) is 1.30. The molecule has 0 spiro atoms. The Morgan fingerprint density at radius 3 is 2.34 bits per heavy atom. The molecule has 2 heterocycles. The average molecular weight is 786 g/mol. The van der Waals surface area contributed by atoms with Gasteiger partial charge in [0.2, 0.25) is 0 Å². The number of hydrogen-bond acceptors (Lipinski definition) is 8. The Bertz CT molecular complexity index is 2070. The zero-order chi connectivity index (χ0) is 40.0. The summed E-state index contributed by atoms with van der Waals surface area (Å²) in [6.45, 7) is 8.26. The molecule has 9 nitrogen and oxygen atoms in total. The number of benzene rings is 3. The van der Waals surface area contributed by atoms with E-state index in [0.29, 0.717) is 47.4 Å². The number of nitrogens with one attached hydrogen (secondary N) is 1. The number of methoxy groups -OCH3 is 1. The molecule has 1 saturated heterocycles. The third-order valence-corrected chi connectivity index (χ3v) is 12.2. The van der Waals surface area contributed by atoms with Crippen LogP contribution in [0, 0.1) is 11.6 Å². The summed E-state index contributed by atoms with van der Waals surface area (Å²) < 4.78 is 35.4. The average Bonchev–Trinajstić information content (AvgIpc) is 3.53. The van der Waals surface area contributed by atoms with E-state index in [1.807, 2.05) is 18.2 Å². The number of ketones is 1. The Morgan fingerprint density at radius 2 is 1.64 bits per heavy atom. The summed E-state index contributed by atoms with van der Waals surface area (Å²) in [5.74, 6) is -3.37. The maximum absolute atomic E-state index is 15.3. The molecule has 2 N–H and O–H groups in total. The molecule has 12 heteroatoms. The lowest BCUT2D eigenvalue weighted by atomic mass is 9.93. The molecule has 0 radical (unpaired) electrons. The Labute approximate surface area is 330 Å². The maximum atomic E-state index is 15.3. The van der Waals surface area contributed by atoms with Crippen molar-refractivity contribution in [1.82, 2.24) is 9.80 Å². The summed E-state index contributed by atoms with van der Waals surface area (Å²) in [4.78, 5) is 56.9. The van der Waals surface area contributed by atoms with Crippen molar-refractivity contribution >= 4 is 40.7 Å². The number of fused-ring (bicyclic) bond motifs is 1. The highest BCUT2D eigenvalue weighted by Crippen LogP contribution is 2.36. The van der Waals surface area contributed by atoms with Crippen LogP contribution in [0.2, 0.25) is 0 Å². The minimum Gasteiger partial charge on any atom is -0.481 e. The highest BCUT2D eigenvalue weighted by molar-refractivity contribution is 7.12. The van der Waals surface area contributed by atoms with Crippen LogP contribution in [0.15, 0.2) is 60.7 Å². The Balaban J connectivity index is 1.12. The number of carboxylic acid groups (broad SMARTS) is 1. The molecule has 3 aromatic carbocycles. The van der Waals surface area contributed by atoms with E-state index in [-0.39, 0.29) is 41.8 Å². The van der Waals surface area contributed by atoms with Gasteiger partial charge in [0.25, 0.3) is 5.91 Å². The maximum Gasteiger partial charge on any atom is 0.337 e. The minimum absolute atomic E-state index is 0.000867. The molecular formula is C44H49F2N3O6S. The first-order valence-electron chi connectivity index (χ1n) is 19.2. The molecule has 0 unspecified atom stereocenters. The molecule has 2 aliphatic rings. The zero-order valence-electron chi connectivity index (χ0n) is 32.2.